The summed E-state index contributed by atoms with van der Waals surface area (Å²) in [7, 11) is 1.30. The number of halogens is 1. The number of carbonyl (C=O) groups excluding carboxylic acids is 1. The van der Waals surface area contributed by atoms with Crippen LogP contribution < -0.4 is 5.32 Å². The van der Waals surface area contributed by atoms with E-state index in [9.17, 15) is 9.18 Å². The molecule has 0 bridgehead atoms. The summed E-state index contributed by atoms with van der Waals surface area (Å²) in [4.78, 5) is 11.6. The fourth-order valence-corrected chi connectivity index (χ4v) is 1.91. The number of methoxy groups -OCH3 is 1. The van der Waals surface area contributed by atoms with Crippen LogP contribution in [0.2, 0.25) is 0 Å². The molecule has 0 saturated carbocycles. The molecule has 0 aromatic heterocycles. The van der Waals surface area contributed by atoms with E-state index < -0.39 is 11.8 Å². The third kappa shape index (κ3) is 3.47. The Morgan fingerprint density at radius 2 is 2.42 bits per heavy atom. The second-order valence-corrected chi connectivity index (χ2v) is 4.27. The molecule has 4 nitrogen and oxygen atoms in total. The van der Waals surface area contributed by atoms with Crippen molar-refractivity contribution in [2.45, 2.75) is 18.9 Å². The first kappa shape index (κ1) is 13.4. The Morgan fingerprint density at radius 1 is 1.58 bits per heavy atom. The zero-order chi connectivity index (χ0) is 13.7. The normalized spacial score (nSPS) is 17.7. The molecule has 1 aromatic rings. The lowest BCUT2D eigenvalue weighted by Crippen LogP contribution is -2.24. The summed E-state index contributed by atoms with van der Waals surface area (Å²) in [6.07, 6.45) is 5.51. The summed E-state index contributed by atoms with van der Waals surface area (Å²) >= 11 is 0. The van der Waals surface area contributed by atoms with Crippen LogP contribution in [-0.4, -0.2) is 25.7 Å². The van der Waals surface area contributed by atoms with Gasteiger partial charge in [-0.15, -0.1) is 0 Å². The first-order valence-electron chi connectivity index (χ1n) is 6.13. The van der Waals surface area contributed by atoms with E-state index in [2.05, 4.69) is 10.1 Å². The highest BCUT2D eigenvalue weighted by Crippen LogP contribution is 2.19. The Bertz CT molecular complexity index is 488. The molecule has 2 rings (SSSR count). The lowest BCUT2D eigenvalue weighted by Gasteiger charge is -2.21. The van der Waals surface area contributed by atoms with Crippen LogP contribution in [0.3, 0.4) is 0 Å². The van der Waals surface area contributed by atoms with Crippen LogP contribution in [-0.2, 0) is 9.47 Å². The van der Waals surface area contributed by atoms with Crippen LogP contribution in [0.15, 0.2) is 30.5 Å². The zero-order valence-corrected chi connectivity index (χ0v) is 10.7. The van der Waals surface area contributed by atoms with Crippen LogP contribution >= 0.6 is 0 Å². The molecular weight excluding hydrogens is 249 g/mol. The van der Waals surface area contributed by atoms with Crippen molar-refractivity contribution in [3.63, 3.8) is 0 Å². The Balaban J connectivity index is 2.07. The van der Waals surface area contributed by atoms with E-state index in [0.717, 1.165) is 12.8 Å². The summed E-state index contributed by atoms with van der Waals surface area (Å²) in [5.74, 6) is -0.897. The van der Waals surface area contributed by atoms with Crippen LogP contribution in [0.4, 0.5) is 10.1 Å². The predicted octanol–water partition coefficient (Wildman–Crippen LogP) is 2.72. The molecule has 1 N–H and O–H groups in total. The molecule has 19 heavy (non-hydrogen) atoms. The quantitative estimate of drug-likeness (QED) is 0.850. The lowest BCUT2D eigenvalue weighted by atomic mass is 10.1. The maximum Gasteiger partial charge on any atom is 0.339 e. The number of allylic oxidation sites excluding steroid dienone is 1. The van der Waals surface area contributed by atoms with Gasteiger partial charge in [-0.1, -0.05) is 0 Å². The van der Waals surface area contributed by atoms with Crippen molar-refractivity contribution in [2.24, 2.45) is 0 Å². The molecule has 5 heteroatoms. The molecule has 0 aliphatic carbocycles. The molecule has 1 aliphatic rings. The Kier molecular flexibility index (Phi) is 4.39. The van der Waals surface area contributed by atoms with Crippen LogP contribution in [0.25, 0.3) is 0 Å². The summed E-state index contributed by atoms with van der Waals surface area (Å²) in [5, 5.41) is 3.04. The molecule has 1 heterocycles. The van der Waals surface area contributed by atoms with Crippen LogP contribution in [0, 0.1) is 5.82 Å². The average molecular weight is 265 g/mol. The van der Waals surface area contributed by atoms with E-state index in [1.807, 2.05) is 6.08 Å². The van der Waals surface area contributed by atoms with Gasteiger partial charge < -0.3 is 14.8 Å². The molecule has 1 aliphatic heterocycles. The van der Waals surface area contributed by atoms with Crippen LogP contribution in [0.5, 0.6) is 0 Å². The molecule has 0 radical (unpaired) electrons. The van der Waals surface area contributed by atoms with Crippen molar-refractivity contribution in [3.05, 3.63) is 41.9 Å². The van der Waals surface area contributed by atoms with Crippen molar-refractivity contribution in [1.29, 1.82) is 0 Å². The zero-order valence-electron chi connectivity index (χ0n) is 10.7. The number of anilines is 1. The fourth-order valence-electron chi connectivity index (χ4n) is 1.91. The minimum atomic E-state index is -0.494. The highest BCUT2D eigenvalue weighted by molar-refractivity contribution is 5.95. The van der Waals surface area contributed by atoms with Gasteiger partial charge in [-0.05, 0) is 37.1 Å². The van der Waals surface area contributed by atoms with Gasteiger partial charge in [-0.25, -0.2) is 9.18 Å². The average Bonchev–Trinajstić information content (AvgIpc) is 2.45. The monoisotopic (exact) mass is 265 g/mol. The van der Waals surface area contributed by atoms with Crippen molar-refractivity contribution in [3.8, 4) is 0 Å². The van der Waals surface area contributed by atoms with Crippen molar-refractivity contribution in [2.75, 3.05) is 19.0 Å². The van der Waals surface area contributed by atoms with E-state index in [-0.39, 0.29) is 6.10 Å². The number of rotatable bonds is 4. The maximum atomic E-state index is 13.2. The van der Waals surface area contributed by atoms with Crippen molar-refractivity contribution < 1.29 is 18.7 Å². The number of benzene rings is 1. The molecule has 1 unspecified atom stereocenters. The second kappa shape index (κ2) is 6.22. The summed E-state index contributed by atoms with van der Waals surface area (Å²) in [6.45, 7) is 0.512. The van der Waals surface area contributed by atoms with E-state index in [1.165, 1.54) is 25.3 Å². The van der Waals surface area contributed by atoms with Gasteiger partial charge in [0, 0.05) is 0 Å². The minimum Gasteiger partial charge on any atom is -0.497 e. The summed E-state index contributed by atoms with van der Waals surface area (Å²) in [6, 6.07) is 3.92. The van der Waals surface area contributed by atoms with E-state index in [0.29, 0.717) is 17.8 Å². The van der Waals surface area contributed by atoms with E-state index in [4.69, 9.17) is 4.74 Å². The largest absolute Gasteiger partial charge is 0.497 e. The molecule has 0 spiro atoms. The number of nitrogens with one attached hydrogen (secondary N) is 1. The molecule has 1 aromatic carbocycles. The van der Waals surface area contributed by atoms with Gasteiger partial charge in [0.05, 0.1) is 31.2 Å². The Labute approximate surface area is 111 Å². The number of hydrogen-bond donors (Lipinski definition) is 1. The van der Waals surface area contributed by atoms with E-state index in [1.54, 1.807) is 6.26 Å². The van der Waals surface area contributed by atoms with Gasteiger partial charge in [0.25, 0.3) is 0 Å². The van der Waals surface area contributed by atoms with Crippen molar-refractivity contribution >= 4 is 11.7 Å². The summed E-state index contributed by atoms with van der Waals surface area (Å²) in [5.41, 5.74) is 0.736. The minimum absolute atomic E-state index is 0.0266. The maximum absolute atomic E-state index is 13.2. The number of esters is 1. The molecule has 1 atom stereocenters. The molecular formula is C14H16FNO3. The predicted molar refractivity (Wildman–Crippen MR) is 69.5 cm³/mol. The number of hydrogen-bond acceptors (Lipinski definition) is 4. The van der Waals surface area contributed by atoms with Gasteiger partial charge in [0.1, 0.15) is 11.9 Å². The van der Waals surface area contributed by atoms with Gasteiger partial charge in [0.2, 0.25) is 0 Å². The molecule has 0 amide bonds. The second-order valence-electron chi connectivity index (χ2n) is 4.27. The SMILES string of the molecule is COC(=O)c1ccc(F)cc1NCC1CCC=CO1. The first-order chi connectivity index (χ1) is 9.20. The van der Waals surface area contributed by atoms with Gasteiger partial charge in [-0.3, -0.25) is 0 Å². The highest BCUT2D eigenvalue weighted by Gasteiger charge is 2.15. The molecule has 0 saturated heterocycles. The van der Waals surface area contributed by atoms with Crippen LogP contribution in [0.1, 0.15) is 23.2 Å². The molecule has 102 valence electrons. The third-order valence-corrected chi connectivity index (χ3v) is 2.93. The lowest BCUT2D eigenvalue weighted by molar-refractivity contribution is 0.0601. The summed E-state index contributed by atoms with van der Waals surface area (Å²) < 4.78 is 23.3. The Hall–Kier alpha value is -2.04. The van der Waals surface area contributed by atoms with Gasteiger partial charge in [0.15, 0.2) is 0 Å². The van der Waals surface area contributed by atoms with Gasteiger partial charge >= 0.3 is 5.97 Å². The third-order valence-electron chi connectivity index (χ3n) is 2.93. The molecule has 0 fully saturated rings. The topological polar surface area (TPSA) is 47.6 Å². The van der Waals surface area contributed by atoms with E-state index >= 15 is 0 Å². The van der Waals surface area contributed by atoms with Gasteiger partial charge in [-0.2, -0.15) is 0 Å². The highest BCUT2D eigenvalue weighted by atomic mass is 19.1. The number of carbonyl (C=O) groups is 1. The standard InChI is InChI=1S/C14H16FNO3/c1-18-14(17)12-6-5-10(15)8-13(12)16-9-11-4-2-3-7-19-11/h3,5-8,11,16H,2,4,9H2,1H3. The smallest absolute Gasteiger partial charge is 0.339 e. The Morgan fingerprint density at radius 3 is 3.11 bits per heavy atom. The first-order valence-corrected chi connectivity index (χ1v) is 6.13. The van der Waals surface area contributed by atoms with Crippen molar-refractivity contribution in [1.82, 2.24) is 0 Å². The number of ether oxygens (including phenoxy) is 2. The fraction of sp³-hybridized carbons (Fsp3) is 0.357.